The van der Waals surface area contributed by atoms with E-state index in [4.69, 9.17) is 16.7 Å². The van der Waals surface area contributed by atoms with Crippen LogP contribution in [0.1, 0.15) is 18.4 Å². The molecule has 0 spiro atoms. The van der Waals surface area contributed by atoms with Gasteiger partial charge in [0.05, 0.1) is 11.4 Å². The zero-order valence-electron chi connectivity index (χ0n) is 7.99. The Bertz CT molecular complexity index is 521. The summed E-state index contributed by atoms with van der Waals surface area (Å²) in [5.41, 5.74) is 1.29. The molecule has 0 bridgehead atoms. The van der Waals surface area contributed by atoms with Gasteiger partial charge in [-0.3, -0.25) is 9.89 Å². The Morgan fingerprint density at radius 1 is 1.60 bits per heavy atom. The third-order valence-electron chi connectivity index (χ3n) is 2.41. The van der Waals surface area contributed by atoms with Crippen LogP contribution < -0.4 is 0 Å². The quantitative estimate of drug-likeness (QED) is 0.823. The molecule has 78 valence electrons. The summed E-state index contributed by atoms with van der Waals surface area (Å²) in [4.78, 5) is 10.9. The Balaban J connectivity index is 2.66. The minimum absolute atomic E-state index is 0.435. The second-order valence-corrected chi connectivity index (χ2v) is 3.72. The molecule has 0 fully saturated rings. The van der Waals surface area contributed by atoms with E-state index in [1.165, 1.54) is 0 Å². The lowest BCUT2D eigenvalue weighted by molar-refractivity contribution is -0.138. The maximum absolute atomic E-state index is 10.9. The van der Waals surface area contributed by atoms with Crippen LogP contribution in [0.25, 0.3) is 10.9 Å². The Hall–Kier alpha value is -1.55. The van der Waals surface area contributed by atoms with Gasteiger partial charge in [0, 0.05) is 5.39 Å². The number of carbonyl (C=O) groups is 1. The fraction of sp³-hybridized carbons (Fsp3) is 0.200. The van der Waals surface area contributed by atoms with Crippen molar-refractivity contribution in [3.63, 3.8) is 0 Å². The van der Waals surface area contributed by atoms with Crippen molar-refractivity contribution in [2.45, 2.75) is 12.8 Å². The van der Waals surface area contributed by atoms with Crippen LogP contribution in [0.5, 0.6) is 0 Å². The number of fused-ring (bicyclic) bond motifs is 1. The number of benzene rings is 1. The van der Waals surface area contributed by atoms with Crippen molar-refractivity contribution in [1.29, 1.82) is 0 Å². The Morgan fingerprint density at radius 2 is 2.33 bits per heavy atom. The summed E-state index contributed by atoms with van der Waals surface area (Å²) in [7, 11) is 0. The van der Waals surface area contributed by atoms with Crippen LogP contribution >= 0.6 is 11.6 Å². The summed E-state index contributed by atoms with van der Waals surface area (Å²) in [6, 6.07) is 5.33. The Morgan fingerprint density at radius 3 is 3.00 bits per heavy atom. The van der Waals surface area contributed by atoms with Crippen LogP contribution in [0.4, 0.5) is 0 Å². The molecular formula is C10H9ClN2O2. The topological polar surface area (TPSA) is 66.0 Å². The number of nitrogens with one attached hydrogen (secondary N) is 1. The summed E-state index contributed by atoms with van der Waals surface area (Å²) in [5.74, 6) is -1.46. The lowest BCUT2D eigenvalue weighted by Crippen LogP contribution is -2.07. The minimum atomic E-state index is -0.873. The van der Waals surface area contributed by atoms with Gasteiger partial charge in [-0.15, -0.1) is 0 Å². The van der Waals surface area contributed by atoms with Crippen LogP contribution in [0.3, 0.4) is 0 Å². The summed E-state index contributed by atoms with van der Waals surface area (Å²) in [6.07, 6.45) is 0. The molecule has 1 aromatic carbocycles. The molecule has 1 aromatic heterocycles. The molecule has 0 aliphatic rings. The number of carboxylic acids is 1. The van der Waals surface area contributed by atoms with E-state index in [0.29, 0.717) is 16.2 Å². The molecule has 2 N–H and O–H groups in total. The number of aliphatic carboxylic acids is 1. The highest BCUT2D eigenvalue weighted by Crippen LogP contribution is 2.27. The van der Waals surface area contributed by atoms with Gasteiger partial charge < -0.3 is 5.11 Å². The lowest BCUT2D eigenvalue weighted by atomic mass is 9.99. The van der Waals surface area contributed by atoms with Crippen LogP contribution in [0, 0.1) is 0 Å². The molecule has 0 radical (unpaired) electrons. The number of hydrogen-bond donors (Lipinski definition) is 2. The van der Waals surface area contributed by atoms with Crippen LogP contribution in [-0.2, 0) is 4.79 Å². The summed E-state index contributed by atoms with van der Waals surface area (Å²) in [5, 5.41) is 16.8. The molecule has 1 heterocycles. The van der Waals surface area contributed by atoms with Gasteiger partial charge in [-0.25, -0.2) is 0 Å². The number of halogens is 1. The maximum atomic E-state index is 10.9. The molecule has 2 rings (SSSR count). The average molecular weight is 225 g/mol. The van der Waals surface area contributed by atoms with E-state index >= 15 is 0 Å². The molecular weight excluding hydrogens is 216 g/mol. The number of nitrogens with zero attached hydrogens (tertiary/aromatic N) is 1. The number of rotatable bonds is 2. The van der Waals surface area contributed by atoms with Crippen molar-refractivity contribution >= 4 is 28.5 Å². The van der Waals surface area contributed by atoms with E-state index in [9.17, 15) is 4.79 Å². The third-order valence-corrected chi connectivity index (χ3v) is 2.69. The van der Waals surface area contributed by atoms with Crippen molar-refractivity contribution in [2.75, 3.05) is 0 Å². The van der Waals surface area contributed by atoms with Gasteiger partial charge >= 0.3 is 5.97 Å². The second-order valence-electron chi connectivity index (χ2n) is 3.34. The molecule has 15 heavy (non-hydrogen) atoms. The first-order chi connectivity index (χ1) is 7.11. The van der Waals surface area contributed by atoms with Crippen molar-refractivity contribution in [1.82, 2.24) is 10.2 Å². The van der Waals surface area contributed by atoms with Gasteiger partial charge in [-0.1, -0.05) is 23.7 Å². The normalized spacial score (nSPS) is 12.9. The summed E-state index contributed by atoms with van der Waals surface area (Å²) < 4.78 is 0. The number of carboxylic acid groups (broad SMARTS) is 1. The van der Waals surface area contributed by atoms with Crippen molar-refractivity contribution in [2.24, 2.45) is 0 Å². The SMILES string of the molecule is CC(C(=O)O)c1cccc2c(Cl)[nH]nc12. The molecule has 4 nitrogen and oxygen atoms in total. The standard InChI is InChI=1S/C10H9ClN2O2/c1-5(10(14)15)6-3-2-4-7-8(6)12-13-9(7)11/h2-5H,1H3,(H,12,13)(H,14,15). The van der Waals surface area contributed by atoms with Gasteiger partial charge in [0.15, 0.2) is 0 Å². The van der Waals surface area contributed by atoms with E-state index in [0.717, 1.165) is 5.39 Å². The number of aromatic amines is 1. The first-order valence-corrected chi connectivity index (χ1v) is 4.84. The summed E-state index contributed by atoms with van der Waals surface area (Å²) in [6.45, 7) is 1.62. The molecule has 0 aliphatic heterocycles. The molecule has 2 aromatic rings. The number of para-hydroxylation sites is 1. The molecule has 0 saturated carbocycles. The number of H-pyrrole nitrogens is 1. The van der Waals surface area contributed by atoms with Crippen LogP contribution in [0.2, 0.25) is 5.15 Å². The highest BCUT2D eigenvalue weighted by molar-refractivity contribution is 6.34. The minimum Gasteiger partial charge on any atom is -0.481 e. The Labute approximate surface area is 90.9 Å². The second kappa shape index (κ2) is 3.55. The smallest absolute Gasteiger partial charge is 0.310 e. The van der Waals surface area contributed by atoms with Crippen molar-refractivity contribution < 1.29 is 9.90 Å². The predicted octanol–water partition coefficient (Wildman–Crippen LogP) is 2.40. The zero-order chi connectivity index (χ0) is 11.0. The van der Waals surface area contributed by atoms with Gasteiger partial charge in [0.1, 0.15) is 5.15 Å². The first-order valence-electron chi connectivity index (χ1n) is 4.46. The third kappa shape index (κ3) is 1.57. The van der Waals surface area contributed by atoms with E-state index in [1.807, 2.05) is 0 Å². The van der Waals surface area contributed by atoms with Gasteiger partial charge in [0.25, 0.3) is 0 Å². The predicted molar refractivity (Wildman–Crippen MR) is 57.2 cm³/mol. The number of aromatic nitrogens is 2. The lowest BCUT2D eigenvalue weighted by Gasteiger charge is -2.06. The summed E-state index contributed by atoms with van der Waals surface area (Å²) >= 11 is 5.86. The van der Waals surface area contributed by atoms with Gasteiger partial charge in [-0.2, -0.15) is 5.10 Å². The zero-order valence-corrected chi connectivity index (χ0v) is 8.75. The van der Waals surface area contributed by atoms with E-state index < -0.39 is 11.9 Å². The largest absolute Gasteiger partial charge is 0.481 e. The molecule has 0 saturated heterocycles. The average Bonchev–Trinajstić information content (AvgIpc) is 2.59. The highest BCUT2D eigenvalue weighted by atomic mass is 35.5. The molecule has 5 heteroatoms. The number of hydrogen-bond acceptors (Lipinski definition) is 2. The fourth-order valence-electron chi connectivity index (χ4n) is 1.51. The monoisotopic (exact) mass is 224 g/mol. The van der Waals surface area contributed by atoms with E-state index in [-0.39, 0.29) is 0 Å². The molecule has 1 unspecified atom stereocenters. The van der Waals surface area contributed by atoms with Gasteiger partial charge in [-0.05, 0) is 18.6 Å². The van der Waals surface area contributed by atoms with Crippen molar-refractivity contribution in [3.8, 4) is 0 Å². The fourth-order valence-corrected chi connectivity index (χ4v) is 1.71. The van der Waals surface area contributed by atoms with E-state index in [2.05, 4.69) is 10.2 Å². The van der Waals surface area contributed by atoms with Crippen LogP contribution in [0.15, 0.2) is 18.2 Å². The molecule has 1 atom stereocenters. The van der Waals surface area contributed by atoms with Gasteiger partial charge in [0.2, 0.25) is 0 Å². The Kier molecular flexibility index (Phi) is 2.36. The van der Waals surface area contributed by atoms with Crippen LogP contribution in [-0.4, -0.2) is 21.3 Å². The molecule has 0 amide bonds. The molecule has 0 aliphatic carbocycles. The maximum Gasteiger partial charge on any atom is 0.310 e. The van der Waals surface area contributed by atoms with Crippen molar-refractivity contribution in [3.05, 3.63) is 28.9 Å². The first kappa shape index (κ1) is 9.98. The van der Waals surface area contributed by atoms with E-state index in [1.54, 1.807) is 25.1 Å². The highest BCUT2D eigenvalue weighted by Gasteiger charge is 2.18.